The Bertz CT molecular complexity index is 1760. The van der Waals surface area contributed by atoms with Gasteiger partial charge in [0.05, 0.1) is 47.9 Å². The quantitative estimate of drug-likeness (QED) is 0.263. The van der Waals surface area contributed by atoms with E-state index in [1.54, 1.807) is 6.20 Å². The van der Waals surface area contributed by atoms with Gasteiger partial charge in [-0.05, 0) is 48.8 Å². The first-order valence-electron chi connectivity index (χ1n) is 13.0. The van der Waals surface area contributed by atoms with Gasteiger partial charge < -0.3 is 19.2 Å². The van der Waals surface area contributed by atoms with E-state index in [-0.39, 0.29) is 29.3 Å². The van der Waals surface area contributed by atoms with Crippen molar-refractivity contribution in [3.05, 3.63) is 82.3 Å². The van der Waals surface area contributed by atoms with E-state index in [4.69, 9.17) is 16.6 Å². The van der Waals surface area contributed by atoms with Gasteiger partial charge in [0.15, 0.2) is 11.5 Å². The van der Waals surface area contributed by atoms with Crippen molar-refractivity contribution in [3.8, 4) is 0 Å². The van der Waals surface area contributed by atoms with E-state index in [1.165, 1.54) is 33.2 Å². The maximum atomic E-state index is 14.5. The minimum absolute atomic E-state index is 0.0207. The van der Waals surface area contributed by atoms with Crippen LogP contribution in [0.4, 0.5) is 4.39 Å². The fraction of sp³-hybridized carbons (Fsp3) is 0.333. The van der Waals surface area contributed by atoms with E-state index < -0.39 is 23.6 Å². The maximum Gasteiger partial charge on any atom is 0.306 e. The Kier molecular flexibility index (Phi) is 6.70. The third-order valence-corrected chi connectivity index (χ3v) is 7.53. The third-order valence-electron chi connectivity index (χ3n) is 7.24. The summed E-state index contributed by atoms with van der Waals surface area (Å²) in [6.45, 7) is 2.13. The number of aliphatic carboxylic acids is 1. The molecule has 5 aromatic heterocycles. The largest absolute Gasteiger partial charge is 0.481 e. The van der Waals surface area contributed by atoms with Crippen LogP contribution < -0.4 is 5.32 Å². The lowest BCUT2D eigenvalue weighted by atomic mass is 9.96. The van der Waals surface area contributed by atoms with Crippen molar-refractivity contribution < 1.29 is 19.1 Å². The van der Waals surface area contributed by atoms with Crippen LogP contribution in [0.1, 0.15) is 65.1 Å². The summed E-state index contributed by atoms with van der Waals surface area (Å²) in [6.07, 6.45) is 11.7. The average molecular weight is 565 g/mol. The van der Waals surface area contributed by atoms with E-state index >= 15 is 0 Å². The fourth-order valence-corrected chi connectivity index (χ4v) is 5.04. The number of nitrogens with zero attached hydrogens (tertiary/aromatic N) is 7. The number of carbonyl (C=O) groups excluding carboxylic acids is 1. The second-order valence-corrected chi connectivity index (χ2v) is 10.5. The number of carboxylic acids is 1. The highest BCUT2D eigenvalue weighted by Crippen LogP contribution is 2.41. The lowest BCUT2D eigenvalue weighted by molar-refractivity contribution is -0.141. The highest BCUT2D eigenvalue weighted by molar-refractivity contribution is 6.31. The minimum atomic E-state index is -0.812. The van der Waals surface area contributed by atoms with Crippen LogP contribution in [0.2, 0.25) is 5.02 Å². The summed E-state index contributed by atoms with van der Waals surface area (Å²) in [5.74, 6) is -1.88. The first kappa shape index (κ1) is 25.9. The number of carboxylic acid groups (broad SMARTS) is 1. The van der Waals surface area contributed by atoms with Crippen molar-refractivity contribution in [2.45, 2.75) is 51.6 Å². The summed E-state index contributed by atoms with van der Waals surface area (Å²) in [7, 11) is 0. The molecule has 1 amide bonds. The monoisotopic (exact) mass is 564 g/mol. The molecule has 0 aromatic carbocycles. The lowest BCUT2D eigenvalue weighted by Crippen LogP contribution is -2.23. The van der Waals surface area contributed by atoms with Crippen molar-refractivity contribution in [2.75, 3.05) is 0 Å². The van der Waals surface area contributed by atoms with Gasteiger partial charge in [0.2, 0.25) is 0 Å². The Morgan fingerprint density at radius 2 is 2.08 bits per heavy atom. The summed E-state index contributed by atoms with van der Waals surface area (Å²) >= 11 is 5.89. The maximum absolute atomic E-state index is 14.5. The molecule has 1 aliphatic rings. The zero-order valence-corrected chi connectivity index (χ0v) is 22.3. The van der Waals surface area contributed by atoms with Crippen LogP contribution in [0.5, 0.6) is 0 Å². The number of nitrogens with one attached hydrogen (secondary N) is 1. The van der Waals surface area contributed by atoms with Crippen molar-refractivity contribution in [3.63, 3.8) is 0 Å². The number of aromatic nitrogens is 7. The number of carbonyl (C=O) groups is 2. The Morgan fingerprint density at radius 1 is 1.25 bits per heavy atom. The molecule has 1 atom stereocenters. The minimum Gasteiger partial charge on any atom is -0.481 e. The summed E-state index contributed by atoms with van der Waals surface area (Å²) in [4.78, 5) is 33.4. The van der Waals surface area contributed by atoms with Crippen LogP contribution in [0.3, 0.4) is 0 Å². The molecule has 0 bridgehead atoms. The van der Waals surface area contributed by atoms with E-state index in [9.17, 15) is 19.1 Å². The molecule has 0 aliphatic heterocycles. The molecule has 6 rings (SSSR count). The summed E-state index contributed by atoms with van der Waals surface area (Å²) in [6, 6.07) is 3.52. The first-order chi connectivity index (χ1) is 19.3. The number of imidazole rings is 2. The molecule has 5 heterocycles. The van der Waals surface area contributed by atoms with Crippen molar-refractivity contribution in [1.29, 1.82) is 0 Å². The lowest BCUT2D eigenvalue weighted by Gasteiger charge is -2.12. The second kappa shape index (κ2) is 10.3. The van der Waals surface area contributed by atoms with Gasteiger partial charge in [0.1, 0.15) is 11.2 Å². The summed E-state index contributed by atoms with van der Waals surface area (Å²) in [5.41, 5.74) is 4.14. The molecule has 0 radical (unpaired) electrons. The van der Waals surface area contributed by atoms with Crippen LogP contribution in [0.15, 0.2) is 43.2 Å². The molecule has 2 N–H and O–H groups in total. The van der Waals surface area contributed by atoms with Crippen molar-refractivity contribution >= 4 is 34.6 Å². The number of hydrogen-bond donors (Lipinski definition) is 2. The zero-order valence-electron chi connectivity index (χ0n) is 21.6. The SMILES string of the molecule is CCC(Cc1cc(C2CC2)cn2cc(Cn3cc(C(=O)NCc4ncn5ccc(Cl)c(F)c45)nn3)nc12)C(=O)O. The highest BCUT2D eigenvalue weighted by Gasteiger charge is 2.26. The van der Waals surface area contributed by atoms with E-state index in [2.05, 4.69) is 32.9 Å². The number of rotatable bonds is 10. The van der Waals surface area contributed by atoms with Crippen LogP contribution in [0.25, 0.3) is 11.2 Å². The number of fused-ring (bicyclic) bond motifs is 2. The third kappa shape index (κ3) is 5.02. The van der Waals surface area contributed by atoms with E-state index in [0.29, 0.717) is 30.1 Å². The molecule has 1 unspecified atom stereocenters. The predicted molar refractivity (Wildman–Crippen MR) is 143 cm³/mol. The Hall–Kier alpha value is -4.32. The van der Waals surface area contributed by atoms with Crippen molar-refractivity contribution in [2.24, 2.45) is 5.92 Å². The number of amides is 1. The second-order valence-electron chi connectivity index (χ2n) is 10.1. The number of halogens is 2. The fourth-order valence-electron chi connectivity index (χ4n) is 4.90. The molecular formula is C27H26ClFN8O3. The molecule has 11 nitrogen and oxygen atoms in total. The molecule has 40 heavy (non-hydrogen) atoms. The molecule has 13 heteroatoms. The predicted octanol–water partition coefficient (Wildman–Crippen LogP) is 3.88. The zero-order chi connectivity index (χ0) is 28.0. The molecule has 206 valence electrons. The van der Waals surface area contributed by atoms with Crippen LogP contribution in [-0.2, 0) is 24.3 Å². The normalized spacial score (nSPS) is 14.2. The van der Waals surface area contributed by atoms with Gasteiger partial charge in [0.25, 0.3) is 5.91 Å². The Labute approximate surface area is 232 Å². The van der Waals surface area contributed by atoms with Gasteiger partial charge in [-0.2, -0.15) is 0 Å². The van der Waals surface area contributed by atoms with E-state index in [0.717, 1.165) is 24.1 Å². The first-order valence-corrected chi connectivity index (χ1v) is 13.4. The molecular weight excluding hydrogens is 539 g/mol. The molecule has 0 saturated heterocycles. The summed E-state index contributed by atoms with van der Waals surface area (Å²) < 4.78 is 19.4. The van der Waals surface area contributed by atoms with Gasteiger partial charge >= 0.3 is 5.97 Å². The van der Waals surface area contributed by atoms with Crippen LogP contribution in [0, 0.1) is 11.7 Å². The van der Waals surface area contributed by atoms with Crippen LogP contribution in [-0.4, -0.2) is 50.7 Å². The van der Waals surface area contributed by atoms with Gasteiger partial charge in [-0.15, -0.1) is 5.10 Å². The highest BCUT2D eigenvalue weighted by atomic mass is 35.5. The topological polar surface area (TPSA) is 132 Å². The average Bonchev–Trinajstić information content (AvgIpc) is 3.33. The van der Waals surface area contributed by atoms with Gasteiger partial charge in [-0.3, -0.25) is 9.59 Å². The number of hydrogen-bond acceptors (Lipinski definition) is 6. The summed E-state index contributed by atoms with van der Waals surface area (Å²) in [5, 5.41) is 20.3. The molecule has 1 aliphatic carbocycles. The van der Waals surface area contributed by atoms with Crippen molar-refractivity contribution in [1.82, 2.24) is 39.1 Å². The standard InChI is InChI=1S/C27H26ClFN8O3/c1-2-15(27(39)40)7-17-8-18(16-3-4-16)10-36-11-19(32-25(17)36)12-37-13-22(33-34-37)26(38)30-9-21-24-23(29)20(28)5-6-35(24)14-31-21/h5-6,8,10-11,13-16H,2-4,7,9,12H2,1H3,(H,30,38)(H,39,40). The van der Waals surface area contributed by atoms with Crippen LogP contribution >= 0.6 is 11.6 Å². The molecule has 1 saturated carbocycles. The Morgan fingerprint density at radius 3 is 2.83 bits per heavy atom. The number of pyridine rings is 2. The molecule has 1 fully saturated rings. The van der Waals surface area contributed by atoms with Gasteiger partial charge in [-0.1, -0.05) is 29.8 Å². The smallest absolute Gasteiger partial charge is 0.306 e. The van der Waals surface area contributed by atoms with E-state index in [1.807, 2.05) is 17.5 Å². The molecule has 0 spiro atoms. The Balaban J connectivity index is 1.18. The van der Waals surface area contributed by atoms with Gasteiger partial charge in [0, 0.05) is 18.6 Å². The molecule has 5 aromatic rings. The van der Waals surface area contributed by atoms with Gasteiger partial charge in [-0.25, -0.2) is 19.0 Å².